The van der Waals surface area contributed by atoms with Gasteiger partial charge in [0.25, 0.3) is 0 Å². The van der Waals surface area contributed by atoms with Gasteiger partial charge in [-0.15, -0.1) is 0 Å². The Morgan fingerprint density at radius 2 is 2.15 bits per heavy atom. The van der Waals surface area contributed by atoms with Crippen LogP contribution in [0.1, 0.15) is 13.3 Å². The lowest BCUT2D eigenvalue weighted by molar-refractivity contribution is -0.122. The molecule has 76 valence electrons. The summed E-state index contributed by atoms with van der Waals surface area (Å²) in [6, 6.07) is 0. The Morgan fingerprint density at radius 3 is 2.54 bits per heavy atom. The van der Waals surface area contributed by atoms with Crippen molar-refractivity contribution in [3.05, 3.63) is 0 Å². The Kier molecular flexibility index (Phi) is 3.08. The second-order valence-corrected chi connectivity index (χ2v) is 5.80. The Bertz CT molecular complexity index is 287. The molecule has 0 aromatic rings. The molecule has 1 heterocycles. The van der Waals surface area contributed by atoms with E-state index in [0.29, 0.717) is 19.6 Å². The van der Waals surface area contributed by atoms with Crippen molar-refractivity contribution in [2.24, 2.45) is 5.92 Å². The second kappa shape index (κ2) is 3.75. The minimum absolute atomic E-state index is 0.208. The third kappa shape index (κ3) is 2.51. The van der Waals surface area contributed by atoms with Crippen molar-refractivity contribution < 1.29 is 17.9 Å². The first-order chi connectivity index (χ1) is 5.93. The minimum Gasteiger partial charge on any atom is -0.381 e. The first kappa shape index (κ1) is 10.7. The third-order valence-corrected chi connectivity index (χ3v) is 3.89. The van der Waals surface area contributed by atoms with Crippen molar-refractivity contribution in [3.8, 4) is 0 Å². The fraction of sp³-hybridized carbons (Fsp3) is 0.875. The molecule has 0 spiro atoms. The van der Waals surface area contributed by atoms with Crippen LogP contribution in [0.25, 0.3) is 0 Å². The number of rotatable bonds is 3. The zero-order valence-electron chi connectivity index (χ0n) is 7.82. The molecule has 1 rings (SSSR count). The Morgan fingerprint density at radius 1 is 1.54 bits per heavy atom. The maximum absolute atomic E-state index is 11.5. The van der Waals surface area contributed by atoms with E-state index in [4.69, 9.17) is 4.74 Å². The van der Waals surface area contributed by atoms with Crippen LogP contribution in [0.4, 0.5) is 0 Å². The van der Waals surface area contributed by atoms with Crippen molar-refractivity contribution in [1.82, 2.24) is 0 Å². The standard InChI is InChI=1S/C8H14O4S/c1-6(13(2,10)11)8(9)7-3-4-12-5-7/h6-7H,3-5H2,1-2H3. The summed E-state index contributed by atoms with van der Waals surface area (Å²) in [7, 11) is -3.24. The average molecular weight is 206 g/mol. The van der Waals surface area contributed by atoms with Gasteiger partial charge in [-0.1, -0.05) is 0 Å². The van der Waals surface area contributed by atoms with Crippen molar-refractivity contribution in [1.29, 1.82) is 0 Å². The number of carbonyl (C=O) groups excluding carboxylic acids is 1. The van der Waals surface area contributed by atoms with E-state index in [-0.39, 0.29) is 11.7 Å². The summed E-state index contributed by atoms with van der Waals surface area (Å²) >= 11 is 0. The molecule has 0 radical (unpaired) electrons. The Labute approximate surface area is 78.2 Å². The minimum atomic E-state index is -3.24. The molecule has 1 saturated heterocycles. The zero-order valence-corrected chi connectivity index (χ0v) is 8.63. The molecule has 4 nitrogen and oxygen atoms in total. The highest BCUT2D eigenvalue weighted by Gasteiger charge is 2.32. The molecule has 0 aromatic carbocycles. The molecule has 0 N–H and O–H groups in total. The van der Waals surface area contributed by atoms with Gasteiger partial charge in [0.2, 0.25) is 0 Å². The molecule has 0 aliphatic carbocycles. The quantitative estimate of drug-likeness (QED) is 0.653. The summed E-state index contributed by atoms with van der Waals surface area (Å²) in [5.41, 5.74) is 0. The summed E-state index contributed by atoms with van der Waals surface area (Å²) in [5.74, 6) is -0.426. The smallest absolute Gasteiger partial charge is 0.157 e. The first-order valence-electron chi connectivity index (χ1n) is 4.23. The van der Waals surface area contributed by atoms with Gasteiger partial charge in [-0.25, -0.2) is 8.42 Å². The monoisotopic (exact) mass is 206 g/mol. The fourth-order valence-corrected chi connectivity index (χ4v) is 1.92. The van der Waals surface area contributed by atoms with E-state index in [0.717, 1.165) is 6.26 Å². The second-order valence-electron chi connectivity index (χ2n) is 3.43. The van der Waals surface area contributed by atoms with Gasteiger partial charge in [-0.05, 0) is 13.3 Å². The van der Waals surface area contributed by atoms with E-state index in [1.54, 1.807) is 0 Å². The Balaban J connectivity index is 2.67. The molecule has 0 aromatic heterocycles. The lowest BCUT2D eigenvalue weighted by Gasteiger charge is -2.11. The van der Waals surface area contributed by atoms with Crippen LogP contribution in [-0.2, 0) is 19.4 Å². The van der Waals surface area contributed by atoms with E-state index in [1.807, 2.05) is 0 Å². The van der Waals surface area contributed by atoms with E-state index in [9.17, 15) is 13.2 Å². The van der Waals surface area contributed by atoms with Gasteiger partial charge in [-0.2, -0.15) is 0 Å². The normalized spacial score (nSPS) is 25.8. The molecule has 13 heavy (non-hydrogen) atoms. The van der Waals surface area contributed by atoms with Crippen molar-refractivity contribution in [3.63, 3.8) is 0 Å². The Hall–Kier alpha value is -0.420. The van der Waals surface area contributed by atoms with Crippen molar-refractivity contribution in [2.75, 3.05) is 19.5 Å². The summed E-state index contributed by atoms with van der Waals surface area (Å²) in [6.45, 7) is 2.38. The summed E-state index contributed by atoms with van der Waals surface area (Å²) in [4.78, 5) is 11.5. The maximum atomic E-state index is 11.5. The molecular formula is C8H14O4S. The van der Waals surface area contributed by atoms with Gasteiger partial charge in [0, 0.05) is 18.8 Å². The highest BCUT2D eigenvalue weighted by molar-refractivity contribution is 7.92. The molecule has 2 unspecified atom stereocenters. The third-order valence-electron chi connectivity index (χ3n) is 2.37. The SMILES string of the molecule is CC(C(=O)C1CCOC1)S(C)(=O)=O. The van der Waals surface area contributed by atoms with Gasteiger partial charge >= 0.3 is 0 Å². The van der Waals surface area contributed by atoms with E-state index < -0.39 is 15.1 Å². The lowest BCUT2D eigenvalue weighted by atomic mass is 10.0. The van der Waals surface area contributed by atoms with Gasteiger partial charge in [0.05, 0.1) is 6.61 Å². The van der Waals surface area contributed by atoms with Crippen LogP contribution in [0.2, 0.25) is 0 Å². The fourth-order valence-electron chi connectivity index (χ4n) is 1.30. The summed E-state index contributed by atoms with van der Waals surface area (Å²) < 4.78 is 27.2. The maximum Gasteiger partial charge on any atom is 0.157 e. The molecule has 1 fully saturated rings. The van der Waals surface area contributed by atoms with Gasteiger partial charge in [0.15, 0.2) is 15.6 Å². The molecule has 1 aliphatic rings. The molecular weight excluding hydrogens is 192 g/mol. The molecule has 1 aliphatic heterocycles. The summed E-state index contributed by atoms with van der Waals surface area (Å²) in [6.07, 6.45) is 1.74. The predicted molar refractivity (Wildman–Crippen MR) is 48.2 cm³/mol. The average Bonchev–Trinajstić information content (AvgIpc) is 2.51. The first-order valence-corrected chi connectivity index (χ1v) is 6.18. The molecule has 5 heteroatoms. The lowest BCUT2D eigenvalue weighted by Crippen LogP contribution is -2.32. The van der Waals surface area contributed by atoms with E-state index >= 15 is 0 Å². The van der Waals surface area contributed by atoms with Crippen LogP contribution in [0.15, 0.2) is 0 Å². The largest absolute Gasteiger partial charge is 0.381 e. The van der Waals surface area contributed by atoms with Crippen LogP contribution in [0.5, 0.6) is 0 Å². The van der Waals surface area contributed by atoms with Crippen molar-refractivity contribution >= 4 is 15.6 Å². The number of Topliss-reactive ketones (excluding diaryl/α,β-unsaturated/α-hetero) is 1. The predicted octanol–water partition coefficient (Wildman–Crippen LogP) is 0.0251. The van der Waals surface area contributed by atoms with Crippen molar-refractivity contribution in [2.45, 2.75) is 18.6 Å². The highest BCUT2D eigenvalue weighted by atomic mass is 32.2. The van der Waals surface area contributed by atoms with Crippen LogP contribution in [0.3, 0.4) is 0 Å². The number of hydrogen-bond donors (Lipinski definition) is 0. The number of ether oxygens (including phenoxy) is 1. The molecule has 2 atom stereocenters. The number of ketones is 1. The molecule has 0 amide bonds. The number of sulfone groups is 1. The van der Waals surface area contributed by atoms with E-state index in [1.165, 1.54) is 6.92 Å². The zero-order chi connectivity index (χ0) is 10.1. The topological polar surface area (TPSA) is 60.4 Å². The number of carbonyl (C=O) groups is 1. The van der Waals surface area contributed by atoms with Crippen LogP contribution in [-0.4, -0.2) is 38.9 Å². The molecule has 0 saturated carbocycles. The number of hydrogen-bond acceptors (Lipinski definition) is 4. The molecule has 0 bridgehead atoms. The van der Waals surface area contributed by atoms with Gasteiger partial charge in [0.1, 0.15) is 5.25 Å². The van der Waals surface area contributed by atoms with Gasteiger partial charge in [-0.3, -0.25) is 4.79 Å². The van der Waals surface area contributed by atoms with E-state index in [2.05, 4.69) is 0 Å². The highest BCUT2D eigenvalue weighted by Crippen LogP contribution is 2.17. The van der Waals surface area contributed by atoms with Crippen LogP contribution in [0, 0.1) is 5.92 Å². The van der Waals surface area contributed by atoms with Crippen LogP contribution < -0.4 is 0 Å². The van der Waals surface area contributed by atoms with Gasteiger partial charge < -0.3 is 4.74 Å². The van der Waals surface area contributed by atoms with Crippen LogP contribution >= 0.6 is 0 Å². The summed E-state index contributed by atoms with van der Waals surface area (Å²) in [5, 5.41) is -0.890.